The summed E-state index contributed by atoms with van der Waals surface area (Å²) in [6, 6.07) is 5.14. The Bertz CT molecular complexity index is 1010. The fourth-order valence-corrected chi connectivity index (χ4v) is 4.99. The summed E-state index contributed by atoms with van der Waals surface area (Å²) in [6.07, 6.45) is 5.28. The maximum Gasteiger partial charge on any atom is 0.272 e. The van der Waals surface area contributed by atoms with Crippen LogP contribution in [0.2, 0.25) is 0 Å². The third-order valence-electron chi connectivity index (χ3n) is 5.86. The van der Waals surface area contributed by atoms with Gasteiger partial charge in [-0.15, -0.1) is 0 Å². The van der Waals surface area contributed by atoms with Crippen molar-refractivity contribution < 1.29 is 14.4 Å². The monoisotopic (exact) mass is 457 g/mol. The molecule has 0 saturated heterocycles. The Morgan fingerprint density at radius 2 is 1.94 bits per heavy atom. The van der Waals surface area contributed by atoms with Crippen LogP contribution in [0.25, 0.3) is 0 Å². The van der Waals surface area contributed by atoms with E-state index in [1.807, 2.05) is 39.0 Å². The number of aryl methyl sites for hydroxylation is 2. The maximum atomic E-state index is 13.8. The summed E-state index contributed by atoms with van der Waals surface area (Å²) in [4.78, 5) is 40.4. The van der Waals surface area contributed by atoms with Crippen LogP contribution in [0.3, 0.4) is 0 Å². The number of nitrogens with two attached hydrogens (primary N) is 2. The number of rotatable bonds is 8. The number of carbonyl (C=O) groups is 3. The van der Waals surface area contributed by atoms with E-state index in [9.17, 15) is 14.4 Å². The van der Waals surface area contributed by atoms with Gasteiger partial charge < -0.3 is 16.8 Å². The first kappa shape index (κ1) is 23.7. The minimum absolute atomic E-state index is 0.0475. The Morgan fingerprint density at radius 1 is 1.25 bits per heavy atom. The Kier molecular flexibility index (Phi) is 7.50. The molecule has 0 unspecified atom stereocenters. The number of nitrogens with zero attached hydrogens (tertiary/aromatic N) is 2. The minimum atomic E-state index is -0.792. The number of nitrogen functional groups attached to an aromatic ring is 1. The zero-order valence-electron chi connectivity index (χ0n) is 18.8. The zero-order valence-corrected chi connectivity index (χ0v) is 19.6. The van der Waals surface area contributed by atoms with Crippen molar-refractivity contribution in [3.8, 4) is 0 Å². The van der Waals surface area contributed by atoms with Gasteiger partial charge in [0.05, 0.1) is 5.69 Å². The van der Waals surface area contributed by atoms with Gasteiger partial charge in [-0.3, -0.25) is 19.3 Å². The molecule has 2 aromatic rings. The fourth-order valence-electron chi connectivity index (χ4n) is 4.25. The predicted octanol–water partition coefficient (Wildman–Crippen LogP) is 3.32. The SMILES string of the molecule is CCC[C@H](C(=O)NC1CCCC1)N(C(=O)c1snc(C(N)=O)c1N)c1ccc(C)cc1C. The molecule has 8 nitrogen and oxygen atoms in total. The molecule has 3 amide bonds. The van der Waals surface area contributed by atoms with E-state index < -0.39 is 17.9 Å². The number of primary amides is 1. The zero-order chi connectivity index (χ0) is 23.4. The molecule has 1 aromatic heterocycles. The first-order valence-corrected chi connectivity index (χ1v) is 11.8. The van der Waals surface area contributed by atoms with Gasteiger partial charge in [0.1, 0.15) is 10.9 Å². The molecular weight excluding hydrogens is 426 g/mol. The molecule has 1 saturated carbocycles. The molecule has 1 heterocycles. The molecule has 9 heteroatoms. The molecule has 5 N–H and O–H groups in total. The summed E-state index contributed by atoms with van der Waals surface area (Å²) in [6.45, 7) is 5.86. The van der Waals surface area contributed by atoms with Crippen molar-refractivity contribution in [2.75, 3.05) is 10.6 Å². The quantitative estimate of drug-likeness (QED) is 0.559. The number of nitrogens with one attached hydrogen (secondary N) is 1. The van der Waals surface area contributed by atoms with Crippen LogP contribution < -0.4 is 21.7 Å². The van der Waals surface area contributed by atoms with Gasteiger partial charge in [0.2, 0.25) is 5.91 Å². The summed E-state index contributed by atoms with van der Waals surface area (Å²) in [7, 11) is 0. The molecule has 172 valence electrons. The molecule has 0 radical (unpaired) electrons. The number of hydrogen-bond acceptors (Lipinski definition) is 6. The molecule has 3 rings (SSSR count). The molecule has 1 aliphatic carbocycles. The molecule has 0 aliphatic heterocycles. The van der Waals surface area contributed by atoms with Gasteiger partial charge >= 0.3 is 0 Å². The van der Waals surface area contributed by atoms with Crippen LogP contribution >= 0.6 is 11.5 Å². The lowest BCUT2D eigenvalue weighted by atomic mass is 10.0. The second kappa shape index (κ2) is 10.1. The van der Waals surface area contributed by atoms with E-state index in [1.54, 1.807) is 0 Å². The molecule has 1 aliphatic rings. The molecule has 0 spiro atoms. The Balaban J connectivity index is 2.06. The topological polar surface area (TPSA) is 131 Å². The van der Waals surface area contributed by atoms with E-state index in [2.05, 4.69) is 9.69 Å². The van der Waals surface area contributed by atoms with Crippen molar-refractivity contribution >= 4 is 40.6 Å². The molecule has 0 bridgehead atoms. The Morgan fingerprint density at radius 3 is 2.50 bits per heavy atom. The van der Waals surface area contributed by atoms with Crippen LogP contribution in [0, 0.1) is 13.8 Å². The molecule has 1 fully saturated rings. The van der Waals surface area contributed by atoms with Crippen LogP contribution in [0.15, 0.2) is 18.2 Å². The summed E-state index contributed by atoms with van der Waals surface area (Å²) in [5.41, 5.74) is 13.8. The van der Waals surface area contributed by atoms with Gasteiger partial charge in [-0.1, -0.05) is 43.9 Å². The number of anilines is 2. The second-order valence-corrected chi connectivity index (χ2v) is 9.17. The van der Waals surface area contributed by atoms with Crippen molar-refractivity contribution in [2.24, 2.45) is 5.73 Å². The van der Waals surface area contributed by atoms with Crippen molar-refractivity contribution in [3.63, 3.8) is 0 Å². The first-order valence-electron chi connectivity index (χ1n) is 11.0. The van der Waals surface area contributed by atoms with Gasteiger partial charge in [0.25, 0.3) is 11.8 Å². The summed E-state index contributed by atoms with van der Waals surface area (Å²) in [5.74, 6) is -1.43. The number of benzene rings is 1. The van der Waals surface area contributed by atoms with E-state index >= 15 is 0 Å². The fraction of sp³-hybridized carbons (Fsp3) is 0.478. The third kappa shape index (κ3) is 4.93. The molecular formula is C23H31N5O3S. The van der Waals surface area contributed by atoms with E-state index in [4.69, 9.17) is 11.5 Å². The van der Waals surface area contributed by atoms with Crippen molar-refractivity contribution in [2.45, 2.75) is 71.4 Å². The Labute approximate surface area is 192 Å². The summed E-state index contributed by atoms with van der Waals surface area (Å²) < 4.78 is 3.98. The molecule has 1 atom stereocenters. The largest absolute Gasteiger partial charge is 0.395 e. The molecule has 1 aromatic carbocycles. The van der Waals surface area contributed by atoms with Gasteiger partial charge in [0.15, 0.2) is 5.69 Å². The number of carbonyl (C=O) groups excluding carboxylic acids is 3. The highest BCUT2D eigenvalue weighted by atomic mass is 32.1. The van der Waals surface area contributed by atoms with Crippen molar-refractivity contribution in [1.29, 1.82) is 0 Å². The number of amides is 3. The van der Waals surface area contributed by atoms with Crippen LogP contribution in [0.5, 0.6) is 0 Å². The van der Waals surface area contributed by atoms with E-state index in [0.29, 0.717) is 18.5 Å². The summed E-state index contributed by atoms with van der Waals surface area (Å²) >= 11 is 0.826. The number of hydrogen-bond donors (Lipinski definition) is 3. The smallest absolute Gasteiger partial charge is 0.272 e. The normalized spacial score (nSPS) is 14.8. The van der Waals surface area contributed by atoms with Gasteiger partial charge in [-0.05, 0) is 56.3 Å². The first-order chi connectivity index (χ1) is 15.2. The highest BCUT2D eigenvalue weighted by molar-refractivity contribution is 7.09. The van der Waals surface area contributed by atoms with Crippen LogP contribution in [0.4, 0.5) is 11.4 Å². The predicted molar refractivity (Wildman–Crippen MR) is 127 cm³/mol. The lowest BCUT2D eigenvalue weighted by Gasteiger charge is -2.32. The second-order valence-electron chi connectivity index (χ2n) is 8.40. The van der Waals surface area contributed by atoms with Crippen LogP contribution in [0.1, 0.15) is 76.7 Å². The number of aromatic nitrogens is 1. The van der Waals surface area contributed by atoms with E-state index in [0.717, 1.165) is 48.3 Å². The average Bonchev–Trinajstić information content (AvgIpc) is 3.38. The van der Waals surface area contributed by atoms with Gasteiger partial charge in [-0.25, -0.2) is 0 Å². The average molecular weight is 458 g/mol. The highest BCUT2D eigenvalue weighted by Crippen LogP contribution is 2.31. The van der Waals surface area contributed by atoms with Crippen LogP contribution in [-0.2, 0) is 4.79 Å². The molecule has 32 heavy (non-hydrogen) atoms. The third-order valence-corrected chi connectivity index (χ3v) is 6.72. The summed E-state index contributed by atoms with van der Waals surface area (Å²) in [5, 5.41) is 3.14. The Hall–Kier alpha value is -2.94. The lowest BCUT2D eigenvalue weighted by Crippen LogP contribution is -2.52. The van der Waals surface area contributed by atoms with Crippen LogP contribution in [-0.4, -0.2) is 34.2 Å². The van der Waals surface area contributed by atoms with E-state index in [1.165, 1.54) is 4.90 Å². The van der Waals surface area contributed by atoms with Gasteiger partial charge in [0, 0.05) is 11.7 Å². The lowest BCUT2D eigenvalue weighted by molar-refractivity contribution is -0.123. The highest BCUT2D eigenvalue weighted by Gasteiger charge is 2.36. The van der Waals surface area contributed by atoms with Crippen molar-refractivity contribution in [1.82, 2.24) is 9.69 Å². The minimum Gasteiger partial charge on any atom is -0.395 e. The standard InChI is InChI=1S/C23H31N5O3S/c1-4-7-17(22(30)26-15-8-5-6-9-15)28(16-11-10-13(2)12-14(16)3)23(31)20-18(24)19(21(25)29)27-32-20/h10-12,15,17H,4-9,24H2,1-3H3,(H2,25,29)(H,26,30)/t17-/m1/s1. The maximum absolute atomic E-state index is 13.8. The van der Waals surface area contributed by atoms with Crippen molar-refractivity contribution in [3.05, 3.63) is 39.9 Å². The van der Waals surface area contributed by atoms with Gasteiger partial charge in [-0.2, -0.15) is 4.37 Å². The van der Waals surface area contributed by atoms with E-state index in [-0.39, 0.29) is 28.2 Å².